The van der Waals surface area contributed by atoms with Crippen molar-refractivity contribution in [3.05, 3.63) is 52.4 Å². The summed E-state index contributed by atoms with van der Waals surface area (Å²) in [4.78, 5) is 8.04. The Morgan fingerprint density at radius 3 is 2.62 bits per heavy atom. The van der Waals surface area contributed by atoms with Gasteiger partial charge in [0, 0.05) is 25.1 Å². The molecule has 2 aromatic rings. The zero-order valence-corrected chi connectivity index (χ0v) is 9.83. The van der Waals surface area contributed by atoms with Crippen molar-refractivity contribution in [3.8, 4) is 0 Å². The van der Waals surface area contributed by atoms with Crippen molar-refractivity contribution >= 4 is 29.0 Å². The van der Waals surface area contributed by atoms with Gasteiger partial charge >= 0.3 is 0 Å². The molecule has 0 saturated carbocycles. The maximum atomic E-state index is 5.97. The molecule has 2 aromatic heterocycles. The van der Waals surface area contributed by atoms with E-state index in [4.69, 9.17) is 23.2 Å². The van der Waals surface area contributed by atoms with Crippen LogP contribution in [-0.2, 0) is 6.54 Å². The minimum Gasteiger partial charge on any atom is -0.365 e. The van der Waals surface area contributed by atoms with Crippen LogP contribution >= 0.6 is 23.2 Å². The highest BCUT2D eigenvalue weighted by molar-refractivity contribution is 6.35. The van der Waals surface area contributed by atoms with E-state index in [1.54, 1.807) is 24.7 Å². The quantitative estimate of drug-likeness (QED) is 0.912. The molecule has 0 radical (unpaired) electrons. The summed E-state index contributed by atoms with van der Waals surface area (Å²) in [6.45, 7) is 0.650. The maximum Gasteiger partial charge on any atom is 0.145 e. The van der Waals surface area contributed by atoms with E-state index in [0.717, 1.165) is 5.56 Å². The predicted molar refractivity (Wildman–Crippen MR) is 65.8 cm³/mol. The van der Waals surface area contributed by atoms with Gasteiger partial charge in [-0.05, 0) is 23.8 Å². The molecule has 2 rings (SSSR count). The van der Waals surface area contributed by atoms with Crippen molar-refractivity contribution in [2.24, 2.45) is 0 Å². The lowest BCUT2D eigenvalue weighted by atomic mass is 10.3. The largest absolute Gasteiger partial charge is 0.365 e. The van der Waals surface area contributed by atoms with Gasteiger partial charge in [-0.2, -0.15) is 0 Å². The van der Waals surface area contributed by atoms with E-state index in [0.29, 0.717) is 22.4 Å². The van der Waals surface area contributed by atoms with Gasteiger partial charge in [-0.25, -0.2) is 4.98 Å². The van der Waals surface area contributed by atoms with E-state index in [-0.39, 0.29) is 0 Å². The first-order valence-corrected chi connectivity index (χ1v) is 5.45. The summed E-state index contributed by atoms with van der Waals surface area (Å²) in [5, 5.41) is 4.17. The van der Waals surface area contributed by atoms with Crippen molar-refractivity contribution in [3.63, 3.8) is 0 Å². The van der Waals surface area contributed by atoms with E-state index >= 15 is 0 Å². The van der Waals surface area contributed by atoms with Crippen molar-refractivity contribution in [1.29, 1.82) is 0 Å². The highest BCUT2D eigenvalue weighted by Gasteiger charge is 2.02. The monoisotopic (exact) mass is 253 g/mol. The fourth-order valence-electron chi connectivity index (χ4n) is 1.23. The third-order valence-electron chi connectivity index (χ3n) is 2.02. The fraction of sp³-hybridized carbons (Fsp3) is 0.0909. The third-order valence-corrected chi connectivity index (χ3v) is 2.51. The van der Waals surface area contributed by atoms with Gasteiger partial charge < -0.3 is 5.32 Å². The summed E-state index contributed by atoms with van der Waals surface area (Å²) in [5.41, 5.74) is 1.11. The van der Waals surface area contributed by atoms with Crippen LogP contribution in [0.3, 0.4) is 0 Å². The minimum atomic E-state index is 0.515. The molecular formula is C11H9Cl2N3. The molecule has 0 aromatic carbocycles. The number of nitrogens with zero attached hydrogens (tertiary/aromatic N) is 2. The van der Waals surface area contributed by atoms with Gasteiger partial charge in [0.25, 0.3) is 0 Å². The van der Waals surface area contributed by atoms with E-state index < -0.39 is 0 Å². The number of pyridine rings is 2. The van der Waals surface area contributed by atoms with Crippen molar-refractivity contribution in [2.75, 3.05) is 5.32 Å². The molecular weight excluding hydrogens is 245 g/mol. The Morgan fingerprint density at radius 1 is 1.19 bits per heavy atom. The fourth-order valence-corrected chi connectivity index (χ4v) is 1.68. The lowest BCUT2D eigenvalue weighted by molar-refractivity contribution is 1.10. The van der Waals surface area contributed by atoms with E-state index in [2.05, 4.69) is 15.3 Å². The summed E-state index contributed by atoms with van der Waals surface area (Å²) in [6.07, 6.45) is 5.05. The zero-order chi connectivity index (χ0) is 11.4. The number of anilines is 1. The first-order chi connectivity index (χ1) is 7.75. The Kier molecular flexibility index (Phi) is 3.59. The molecule has 16 heavy (non-hydrogen) atoms. The molecule has 0 spiro atoms. The number of rotatable bonds is 3. The highest BCUT2D eigenvalue weighted by Crippen LogP contribution is 2.22. The summed E-state index contributed by atoms with van der Waals surface area (Å²) in [6, 6.07) is 5.51. The van der Waals surface area contributed by atoms with Crippen LogP contribution in [0.1, 0.15) is 5.56 Å². The normalized spacial score (nSPS) is 10.1. The Hall–Kier alpha value is -1.32. The summed E-state index contributed by atoms with van der Waals surface area (Å²) in [7, 11) is 0. The molecule has 5 heteroatoms. The Labute approximate surface area is 103 Å². The topological polar surface area (TPSA) is 37.8 Å². The molecule has 0 amide bonds. The van der Waals surface area contributed by atoms with Crippen LogP contribution in [0.25, 0.3) is 0 Å². The van der Waals surface area contributed by atoms with Gasteiger partial charge in [0.05, 0.1) is 10.0 Å². The van der Waals surface area contributed by atoms with Gasteiger partial charge in [-0.1, -0.05) is 23.2 Å². The van der Waals surface area contributed by atoms with Gasteiger partial charge in [-0.3, -0.25) is 4.98 Å². The van der Waals surface area contributed by atoms with Gasteiger partial charge in [0.15, 0.2) is 0 Å². The molecule has 0 aliphatic heterocycles. The van der Waals surface area contributed by atoms with Gasteiger partial charge in [-0.15, -0.1) is 0 Å². The Balaban J connectivity index is 2.05. The van der Waals surface area contributed by atoms with Crippen LogP contribution in [0.5, 0.6) is 0 Å². The van der Waals surface area contributed by atoms with Crippen molar-refractivity contribution < 1.29 is 0 Å². The van der Waals surface area contributed by atoms with E-state index in [9.17, 15) is 0 Å². The number of nitrogens with one attached hydrogen (secondary N) is 1. The minimum absolute atomic E-state index is 0.515. The van der Waals surface area contributed by atoms with Crippen LogP contribution < -0.4 is 5.32 Å². The summed E-state index contributed by atoms with van der Waals surface area (Å²) < 4.78 is 0. The number of halogens is 2. The van der Waals surface area contributed by atoms with Crippen LogP contribution in [0, 0.1) is 0 Å². The standard InChI is InChI=1S/C11H9Cl2N3/c12-9-5-10(13)11(16-7-9)15-6-8-1-3-14-4-2-8/h1-5,7H,6H2,(H,15,16). The molecule has 0 bridgehead atoms. The van der Waals surface area contributed by atoms with E-state index in [1.807, 2.05) is 12.1 Å². The first kappa shape index (κ1) is 11.2. The third kappa shape index (κ3) is 2.84. The molecule has 82 valence electrons. The molecule has 0 aliphatic carbocycles. The van der Waals surface area contributed by atoms with Crippen LogP contribution in [0.4, 0.5) is 5.82 Å². The molecule has 0 atom stereocenters. The molecule has 0 aliphatic rings. The second-order valence-corrected chi connectivity index (χ2v) is 4.04. The molecule has 1 N–H and O–H groups in total. The van der Waals surface area contributed by atoms with Crippen molar-refractivity contribution in [2.45, 2.75) is 6.54 Å². The smallest absolute Gasteiger partial charge is 0.145 e. The lowest BCUT2D eigenvalue weighted by Crippen LogP contribution is -2.01. The average Bonchev–Trinajstić information content (AvgIpc) is 2.29. The zero-order valence-electron chi connectivity index (χ0n) is 8.32. The predicted octanol–water partition coefficient (Wildman–Crippen LogP) is 3.40. The number of hydrogen-bond donors (Lipinski definition) is 1. The Bertz CT molecular complexity index is 474. The average molecular weight is 254 g/mol. The molecule has 2 heterocycles. The first-order valence-electron chi connectivity index (χ1n) is 4.69. The van der Waals surface area contributed by atoms with E-state index in [1.165, 1.54) is 0 Å². The van der Waals surface area contributed by atoms with Crippen LogP contribution in [0.2, 0.25) is 10.0 Å². The second-order valence-electron chi connectivity index (χ2n) is 3.19. The van der Waals surface area contributed by atoms with Crippen LogP contribution in [-0.4, -0.2) is 9.97 Å². The van der Waals surface area contributed by atoms with Crippen molar-refractivity contribution in [1.82, 2.24) is 9.97 Å². The molecule has 0 saturated heterocycles. The maximum absolute atomic E-state index is 5.97. The van der Waals surface area contributed by atoms with Gasteiger partial charge in [0.1, 0.15) is 5.82 Å². The van der Waals surface area contributed by atoms with Gasteiger partial charge in [0.2, 0.25) is 0 Å². The molecule has 0 fully saturated rings. The lowest BCUT2D eigenvalue weighted by Gasteiger charge is -2.07. The summed E-state index contributed by atoms with van der Waals surface area (Å²) >= 11 is 11.7. The highest BCUT2D eigenvalue weighted by atomic mass is 35.5. The van der Waals surface area contributed by atoms with Crippen LogP contribution in [0.15, 0.2) is 36.8 Å². The Morgan fingerprint density at radius 2 is 1.94 bits per heavy atom. The molecule has 0 unspecified atom stereocenters. The second kappa shape index (κ2) is 5.14. The number of aromatic nitrogens is 2. The SMILES string of the molecule is Clc1cnc(NCc2ccncc2)c(Cl)c1. The number of hydrogen-bond acceptors (Lipinski definition) is 3. The summed E-state index contributed by atoms with van der Waals surface area (Å²) in [5.74, 6) is 0.628. The molecule has 3 nitrogen and oxygen atoms in total.